The fourth-order valence-electron chi connectivity index (χ4n) is 3.58. The van der Waals surface area contributed by atoms with Crippen molar-refractivity contribution in [1.29, 1.82) is 5.26 Å². The first-order chi connectivity index (χ1) is 7.93. The van der Waals surface area contributed by atoms with Crippen molar-refractivity contribution in [2.75, 3.05) is 6.61 Å². The number of nitrogens with zero attached hydrogens (tertiary/aromatic N) is 1. The van der Waals surface area contributed by atoms with Gasteiger partial charge in [-0.15, -0.1) is 0 Å². The number of hydrogen-bond acceptors (Lipinski definition) is 3. The molecule has 3 heteroatoms. The second-order valence-electron chi connectivity index (χ2n) is 6.32. The van der Waals surface area contributed by atoms with Crippen molar-refractivity contribution in [2.45, 2.75) is 70.0 Å². The molecule has 1 atom stereocenters. The SMILES string of the molecule is CC1(C)CC(O)(C2(C#N)CCCCC2)CCO1. The molecule has 2 rings (SSSR count). The van der Waals surface area contributed by atoms with Crippen LogP contribution in [0, 0.1) is 16.7 Å². The van der Waals surface area contributed by atoms with Gasteiger partial charge in [-0.25, -0.2) is 0 Å². The van der Waals surface area contributed by atoms with E-state index in [4.69, 9.17) is 4.74 Å². The molecule has 1 aliphatic carbocycles. The Morgan fingerprint density at radius 1 is 1.12 bits per heavy atom. The quantitative estimate of drug-likeness (QED) is 0.763. The predicted molar refractivity (Wildman–Crippen MR) is 65.3 cm³/mol. The summed E-state index contributed by atoms with van der Waals surface area (Å²) in [6.07, 6.45) is 6.19. The molecule has 17 heavy (non-hydrogen) atoms. The third-order valence-corrected chi connectivity index (χ3v) is 4.54. The lowest BCUT2D eigenvalue weighted by molar-refractivity contribution is -0.188. The maximum absolute atomic E-state index is 11.0. The fraction of sp³-hybridized carbons (Fsp3) is 0.929. The number of ether oxygens (including phenoxy) is 1. The van der Waals surface area contributed by atoms with Gasteiger partial charge in [-0.1, -0.05) is 19.3 Å². The second kappa shape index (κ2) is 4.26. The highest BCUT2D eigenvalue weighted by Gasteiger charge is 2.54. The lowest BCUT2D eigenvalue weighted by atomic mass is 9.59. The Morgan fingerprint density at radius 2 is 1.76 bits per heavy atom. The van der Waals surface area contributed by atoms with Crippen molar-refractivity contribution in [3.05, 3.63) is 0 Å². The van der Waals surface area contributed by atoms with Crippen LogP contribution in [0.1, 0.15) is 58.8 Å². The minimum absolute atomic E-state index is 0.311. The lowest BCUT2D eigenvalue weighted by Crippen LogP contribution is -2.56. The average molecular weight is 237 g/mol. The summed E-state index contributed by atoms with van der Waals surface area (Å²) >= 11 is 0. The van der Waals surface area contributed by atoms with Gasteiger partial charge in [-0.05, 0) is 26.7 Å². The standard InChI is InChI=1S/C14H23NO2/c1-12(2)10-14(16,8-9-17-12)13(11-15)6-4-3-5-7-13/h16H,3-10H2,1-2H3. The van der Waals surface area contributed by atoms with Gasteiger partial charge in [0.15, 0.2) is 0 Å². The normalized spacial score (nSPS) is 36.1. The van der Waals surface area contributed by atoms with Crippen LogP contribution in [-0.4, -0.2) is 22.9 Å². The smallest absolute Gasteiger partial charge is 0.0882 e. The van der Waals surface area contributed by atoms with Gasteiger partial charge in [0, 0.05) is 12.8 Å². The van der Waals surface area contributed by atoms with Crippen LogP contribution in [0.15, 0.2) is 0 Å². The highest BCUT2D eigenvalue weighted by molar-refractivity contribution is 5.14. The van der Waals surface area contributed by atoms with Gasteiger partial charge in [-0.2, -0.15) is 5.26 Å². The molecule has 0 bridgehead atoms. The zero-order valence-corrected chi connectivity index (χ0v) is 11.0. The van der Waals surface area contributed by atoms with Crippen molar-refractivity contribution < 1.29 is 9.84 Å². The Labute approximate surface area is 104 Å². The van der Waals surface area contributed by atoms with E-state index in [1.807, 2.05) is 13.8 Å². The van der Waals surface area contributed by atoms with E-state index in [0.29, 0.717) is 19.4 Å². The number of aliphatic hydroxyl groups is 1. The van der Waals surface area contributed by atoms with Crippen LogP contribution in [0.2, 0.25) is 0 Å². The molecule has 0 aromatic rings. The predicted octanol–water partition coefficient (Wildman–Crippen LogP) is 2.78. The first-order valence-corrected chi connectivity index (χ1v) is 6.71. The molecule has 0 aromatic carbocycles. The van der Waals surface area contributed by atoms with Crippen LogP contribution in [0.25, 0.3) is 0 Å². The average Bonchev–Trinajstić information content (AvgIpc) is 2.28. The Hall–Kier alpha value is -0.590. The summed E-state index contributed by atoms with van der Waals surface area (Å²) in [5.74, 6) is 0. The number of rotatable bonds is 1. The van der Waals surface area contributed by atoms with Gasteiger partial charge in [-0.3, -0.25) is 0 Å². The molecule has 1 heterocycles. The van der Waals surface area contributed by atoms with Crippen LogP contribution in [-0.2, 0) is 4.74 Å². The summed E-state index contributed by atoms with van der Waals surface area (Å²) in [5, 5.41) is 20.6. The molecule has 96 valence electrons. The first-order valence-electron chi connectivity index (χ1n) is 6.71. The van der Waals surface area contributed by atoms with Gasteiger partial charge in [0.2, 0.25) is 0 Å². The van der Waals surface area contributed by atoms with Gasteiger partial charge in [0.25, 0.3) is 0 Å². The number of nitriles is 1. The molecule has 2 fully saturated rings. The van der Waals surface area contributed by atoms with Gasteiger partial charge in [0.1, 0.15) is 0 Å². The van der Waals surface area contributed by atoms with Crippen molar-refractivity contribution in [1.82, 2.24) is 0 Å². The van der Waals surface area contributed by atoms with Crippen LogP contribution in [0.4, 0.5) is 0 Å². The van der Waals surface area contributed by atoms with E-state index >= 15 is 0 Å². The third-order valence-electron chi connectivity index (χ3n) is 4.54. The Bertz CT molecular complexity index is 326. The highest BCUT2D eigenvalue weighted by Crippen LogP contribution is 2.51. The molecule has 0 aromatic heterocycles. The Morgan fingerprint density at radius 3 is 2.29 bits per heavy atom. The molecule has 1 saturated heterocycles. The minimum atomic E-state index is -0.857. The van der Waals surface area contributed by atoms with Gasteiger partial charge >= 0.3 is 0 Å². The van der Waals surface area contributed by atoms with Crippen LogP contribution in [0.3, 0.4) is 0 Å². The van der Waals surface area contributed by atoms with E-state index in [2.05, 4.69) is 6.07 Å². The largest absolute Gasteiger partial charge is 0.388 e. The second-order valence-corrected chi connectivity index (χ2v) is 6.32. The summed E-state index contributed by atoms with van der Waals surface area (Å²) < 4.78 is 5.67. The highest BCUT2D eigenvalue weighted by atomic mass is 16.5. The molecular weight excluding hydrogens is 214 g/mol. The molecule has 0 radical (unpaired) electrons. The third kappa shape index (κ3) is 2.21. The topological polar surface area (TPSA) is 53.2 Å². The first kappa shape index (κ1) is 12.9. The fourth-order valence-corrected chi connectivity index (χ4v) is 3.58. The van der Waals surface area contributed by atoms with Crippen molar-refractivity contribution in [3.63, 3.8) is 0 Å². The van der Waals surface area contributed by atoms with E-state index in [9.17, 15) is 10.4 Å². The maximum Gasteiger partial charge on any atom is 0.0882 e. The zero-order valence-electron chi connectivity index (χ0n) is 11.0. The maximum atomic E-state index is 11.0. The summed E-state index contributed by atoms with van der Waals surface area (Å²) in [6, 6.07) is 2.46. The molecule has 1 aliphatic heterocycles. The molecule has 1 N–H and O–H groups in total. The van der Waals surface area contributed by atoms with Crippen molar-refractivity contribution >= 4 is 0 Å². The molecule has 0 amide bonds. The Kier molecular flexibility index (Phi) is 3.22. The van der Waals surface area contributed by atoms with Gasteiger partial charge in [0.05, 0.1) is 29.3 Å². The van der Waals surface area contributed by atoms with E-state index < -0.39 is 11.0 Å². The van der Waals surface area contributed by atoms with E-state index in [1.54, 1.807) is 0 Å². The number of hydrogen-bond donors (Lipinski definition) is 1. The molecule has 1 saturated carbocycles. The minimum Gasteiger partial charge on any atom is -0.388 e. The van der Waals surface area contributed by atoms with Crippen LogP contribution < -0.4 is 0 Å². The Balaban J connectivity index is 2.26. The van der Waals surface area contributed by atoms with Crippen molar-refractivity contribution in [3.8, 4) is 6.07 Å². The molecule has 3 nitrogen and oxygen atoms in total. The summed E-state index contributed by atoms with van der Waals surface area (Å²) in [5.41, 5.74) is -1.70. The van der Waals surface area contributed by atoms with Crippen LogP contribution in [0.5, 0.6) is 0 Å². The zero-order chi connectivity index (χ0) is 12.6. The molecule has 1 unspecified atom stereocenters. The monoisotopic (exact) mass is 237 g/mol. The summed E-state index contributed by atoms with van der Waals surface area (Å²) in [7, 11) is 0. The van der Waals surface area contributed by atoms with E-state index in [1.165, 1.54) is 6.42 Å². The summed E-state index contributed by atoms with van der Waals surface area (Å²) in [6.45, 7) is 4.57. The molecular formula is C14H23NO2. The van der Waals surface area contributed by atoms with Crippen molar-refractivity contribution in [2.24, 2.45) is 5.41 Å². The summed E-state index contributed by atoms with van der Waals surface area (Å²) in [4.78, 5) is 0. The molecule has 2 aliphatic rings. The molecule has 0 spiro atoms. The van der Waals surface area contributed by atoms with Gasteiger partial charge < -0.3 is 9.84 Å². The lowest BCUT2D eigenvalue weighted by Gasteiger charge is -2.51. The van der Waals surface area contributed by atoms with Crippen LogP contribution >= 0.6 is 0 Å². The van der Waals surface area contributed by atoms with E-state index in [-0.39, 0.29) is 5.60 Å². The van der Waals surface area contributed by atoms with E-state index in [0.717, 1.165) is 25.7 Å².